The predicted molar refractivity (Wildman–Crippen MR) is 123 cm³/mol. The number of halogens is 3. The fraction of sp³-hybridized carbons (Fsp3) is 0.375. The highest BCUT2D eigenvalue weighted by atomic mass is 19.3. The van der Waals surface area contributed by atoms with Crippen LogP contribution in [0.4, 0.5) is 19.0 Å². The van der Waals surface area contributed by atoms with Gasteiger partial charge in [0.15, 0.2) is 11.3 Å². The Bertz CT molecular complexity index is 1460. The second-order valence-corrected chi connectivity index (χ2v) is 9.07. The number of pyridine rings is 1. The molecular formula is C24H22F3N7O2. The standard InChI is InChI=1S/C24H22F3N7O2/c1-12(15-3-2-4-16(19(15)25)20(26)27)32-21-17-7-18(23-30-11-31-34(23)22(17)29-10-28-21)24(35)33-13-5-6-14(33)9-36-8-13/h2-4,7,10-14,20H,5-6,8-9H2,1H3,(H,28,29,32)/t12-,13?,14?/m1/s1. The van der Waals surface area contributed by atoms with Gasteiger partial charge < -0.3 is 15.0 Å². The van der Waals surface area contributed by atoms with Gasteiger partial charge in [0.2, 0.25) is 0 Å². The Kier molecular flexibility index (Phi) is 5.47. The van der Waals surface area contributed by atoms with E-state index >= 15 is 0 Å². The van der Waals surface area contributed by atoms with Crippen molar-refractivity contribution in [1.82, 2.24) is 29.5 Å². The first-order valence-electron chi connectivity index (χ1n) is 11.6. The number of hydrogen-bond acceptors (Lipinski definition) is 7. The quantitative estimate of drug-likeness (QED) is 0.446. The third kappa shape index (κ3) is 3.55. The van der Waals surface area contributed by atoms with Gasteiger partial charge in [-0.15, -0.1) is 0 Å². The predicted octanol–water partition coefficient (Wildman–Crippen LogP) is 3.93. The number of amides is 1. The Labute approximate surface area is 203 Å². The summed E-state index contributed by atoms with van der Waals surface area (Å²) < 4.78 is 48.3. The van der Waals surface area contributed by atoms with E-state index < -0.39 is 23.8 Å². The summed E-state index contributed by atoms with van der Waals surface area (Å²) in [6.45, 7) is 2.64. The molecule has 0 spiro atoms. The first-order valence-corrected chi connectivity index (χ1v) is 11.6. The molecule has 2 aliphatic heterocycles. The number of nitrogens with zero attached hydrogens (tertiary/aromatic N) is 6. The number of benzene rings is 1. The van der Waals surface area contributed by atoms with Crippen molar-refractivity contribution < 1.29 is 22.7 Å². The number of hydrogen-bond donors (Lipinski definition) is 1. The Balaban J connectivity index is 1.43. The van der Waals surface area contributed by atoms with Crippen LogP contribution in [0.15, 0.2) is 36.9 Å². The molecule has 1 amide bonds. The molecule has 2 bridgehead atoms. The Hall–Kier alpha value is -3.80. The van der Waals surface area contributed by atoms with Crippen LogP contribution in [0.5, 0.6) is 0 Å². The second-order valence-electron chi connectivity index (χ2n) is 9.07. The lowest BCUT2D eigenvalue weighted by Gasteiger charge is -2.34. The van der Waals surface area contributed by atoms with E-state index in [9.17, 15) is 18.0 Å². The summed E-state index contributed by atoms with van der Waals surface area (Å²) in [4.78, 5) is 28.5. The summed E-state index contributed by atoms with van der Waals surface area (Å²) in [6, 6.07) is 4.87. The van der Waals surface area contributed by atoms with Crippen LogP contribution in [0.2, 0.25) is 0 Å². The van der Waals surface area contributed by atoms with E-state index in [-0.39, 0.29) is 23.6 Å². The number of alkyl halides is 2. The molecule has 6 rings (SSSR count). The minimum atomic E-state index is -2.93. The number of morpholine rings is 1. The molecule has 12 heteroatoms. The summed E-state index contributed by atoms with van der Waals surface area (Å²) in [5.41, 5.74) is 0.520. The Morgan fingerprint density at radius 2 is 1.81 bits per heavy atom. The molecule has 0 aliphatic carbocycles. The zero-order chi connectivity index (χ0) is 25.0. The van der Waals surface area contributed by atoms with Crippen LogP contribution < -0.4 is 5.32 Å². The maximum absolute atomic E-state index is 14.8. The lowest BCUT2D eigenvalue weighted by atomic mass is 10.0. The fourth-order valence-electron chi connectivity index (χ4n) is 5.20. The average Bonchev–Trinajstić information content (AvgIpc) is 3.45. The molecule has 0 saturated carbocycles. The molecule has 3 atom stereocenters. The van der Waals surface area contributed by atoms with Gasteiger partial charge in [0, 0.05) is 5.56 Å². The lowest BCUT2D eigenvalue weighted by Crippen LogP contribution is -2.49. The van der Waals surface area contributed by atoms with Crippen molar-refractivity contribution in [3.8, 4) is 0 Å². The van der Waals surface area contributed by atoms with Gasteiger partial charge in [0.1, 0.15) is 24.3 Å². The van der Waals surface area contributed by atoms with E-state index in [4.69, 9.17) is 4.74 Å². The molecule has 36 heavy (non-hydrogen) atoms. The zero-order valence-electron chi connectivity index (χ0n) is 19.2. The van der Waals surface area contributed by atoms with Crippen LogP contribution in [-0.2, 0) is 4.74 Å². The van der Waals surface area contributed by atoms with E-state index in [0.717, 1.165) is 18.9 Å². The van der Waals surface area contributed by atoms with E-state index in [1.807, 2.05) is 4.90 Å². The van der Waals surface area contributed by atoms with Gasteiger partial charge in [-0.25, -0.2) is 28.1 Å². The van der Waals surface area contributed by atoms with Crippen LogP contribution in [-0.4, -0.2) is 60.7 Å². The monoisotopic (exact) mass is 497 g/mol. The highest BCUT2D eigenvalue weighted by Crippen LogP contribution is 2.34. The third-order valence-electron chi connectivity index (χ3n) is 6.96. The van der Waals surface area contributed by atoms with Gasteiger partial charge >= 0.3 is 0 Å². The number of nitrogens with one attached hydrogen (secondary N) is 1. The number of aromatic nitrogens is 5. The van der Waals surface area contributed by atoms with E-state index in [0.29, 0.717) is 41.3 Å². The third-order valence-corrected chi connectivity index (χ3v) is 6.96. The van der Waals surface area contributed by atoms with Gasteiger partial charge in [-0.05, 0) is 25.8 Å². The number of carbonyl (C=O) groups is 1. The Morgan fingerprint density at radius 3 is 2.56 bits per heavy atom. The van der Waals surface area contributed by atoms with E-state index in [1.165, 1.54) is 29.3 Å². The summed E-state index contributed by atoms with van der Waals surface area (Å²) in [7, 11) is 0. The largest absolute Gasteiger partial charge is 0.377 e. The SMILES string of the molecule is C[C@@H](Nc1ncnc2c1cc(C(=O)N1C3CCC1COC3)c1ncnn12)c1cccc(C(F)F)c1F. The van der Waals surface area contributed by atoms with Crippen LogP contribution >= 0.6 is 0 Å². The van der Waals surface area contributed by atoms with Gasteiger partial charge in [0.05, 0.1) is 47.9 Å². The first-order chi connectivity index (χ1) is 17.4. The van der Waals surface area contributed by atoms with Gasteiger partial charge in [0.25, 0.3) is 12.3 Å². The maximum Gasteiger partial charge on any atom is 0.266 e. The molecule has 186 valence electrons. The van der Waals surface area contributed by atoms with Gasteiger partial charge in [-0.2, -0.15) is 9.61 Å². The summed E-state index contributed by atoms with van der Waals surface area (Å²) in [6.07, 6.45) is 1.49. The summed E-state index contributed by atoms with van der Waals surface area (Å²) in [5, 5.41) is 7.83. The smallest absolute Gasteiger partial charge is 0.266 e. The molecule has 1 aromatic carbocycles. The number of ether oxygens (including phenoxy) is 1. The van der Waals surface area contributed by atoms with Crippen LogP contribution in [0.25, 0.3) is 16.7 Å². The highest BCUT2D eigenvalue weighted by Gasteiger charge is 2.41. The Morgan fingerprint density at radius 1 is 1.08 bits per heavy atom. The summed E-state index contributed by atoms with van der Waals surface area (Å²) >= 11 is 0. The van der Waals surface area contributed by atoms with Crippen molar-refractivity contribution in [1.29, 1.82) is 0 Å². The molecule has 1 N–H and O–H groups in total. The van der Waals surface area contributed by atoms with Crippen molar-refractivity contribution >= 4 is 28.4 Å². The van der Waals surface area contributed by atoms with E-state index in [1.54, 1.807) is 13.0 Å². The van der Waals surface area contributed by atoms with Crippen LogP contribution in [0.1, 0.15) is 53.7 Å². The van der Waals surface area contributed by atoms with Crippen molar-refractivity contribution in [3.05, 3.63) is 59.4 Å². The van der Waals surface area contributed by atoms with Gasteiger partial charge in [-0.3, -0.25) is 4.79 Å². The van der Waals surface area contributed by atoms with Crippen molar-refractivity contribution in [2.45, 2.75) is 44.3 Å². The second kappa shape index (κ2) is 8.70. The normalized spacial score (nSPS) is 20.4. The van der Waals surface area contributed by atoms with Crippen LogP contribution in [0.3, 0.4) is 0 Å². The molecule has 2 aliphatic rings. The topological polar surface area (TPSA) is 97.5 Å². The molecule has 0 radical (unpaired) electrons. The molecule has 4 aromatic rings. The first kappa shape index (κ1) is 22.7. The van der Waals surface area contributed by atoms with Gasteiger partial charge in [-0.1, -0.05) is 18.2 Å². The highest BCUT2D eigenvalue weighted by molar-refractivity contribution is 6.05. The average molecular weight is 497 g/mol. The van der Waals surface area contributed by atoms with Crippen molar-refractivity contribution in [2.24, 2.45) is 0 Å². The number of carbonyl (C=O) groups excluding carboxylic acids is 1. The minimum Gasteiger partial charge on any atom is -0.377 e. The van der Waals surface area contributed by atoms with E-state index in [2.05, 4.69) is 25.4 Å². The number of fused-ring (bicyclic) bond motifs is 5. The number of anilines is 1. The fourth-order valence-corrected chi connectivity index (χ4v) is 5.20. The number of rotatable bonds is 5. The van der Waals surface area contributed by atoms with Crippen molar-refractivity contribution in [3.63, 3.8) is 0 Å². The van der Waals surface area contributed by atoms with Crippen LogP contribution in [0, 0.1) is 5.82 Å². The molecule has 2 fully saturated rings. The molecule has 5 heterocycles. The molecule has 9 nitrogen and oxygen atoms in total. The van der Waals surface area contributed by atoms with Crippen molar-refractivity contribution in [2.75, 3.05) is 18.5 Å². The molecule has 2 saturated heterocycles. The zero-order valence-corrected chi connectivity index (χ0v) is 19.2. The molecule has 3 aromatic heterocycles. The minimum absolute atomic E-state index is 0.00430. The molecular weight excluding hydrogens is 475 g/mol. The maximum atomic E-state index is 14.8. The molecule has 2 unspecified atom stereocenters. The lowest BCUT2D eigenvalue weighted by molar-refractivity contribution is -0.00707. The summed E-state index contributed by atoms with van der Waals surface area (Å²) in [5.74, 6) is -0.835.